The molecule has 2 heteroatoms. The first-order chi connectivity index (χ1) is 6.62. The van der Waals surface area contributed by atoms with Crippen molar-refractivity contribution in [3.63, 3.8) is 0 Å². The zero-order valence-corrected chi connectivity index (χ0v) is 10.6. The van der Waals surface area contributed by atoms with Gasteiger partial charge in [-0.05, 0) is 18.9 Å². The van der Waals surface area contributed by atoms with Gasteiger partial charge in [0, 0.05) is 13.2 Å². The van der Waals surface area contributed by atoms with Gasteiger partial charge in [0.2, 0.25) is 0 Å². The number of rotatable bonds is 7. The summed E-state index contributed by atoms with van der Waals surface area (Å²) in [6, 6.07) is 0.481. The molecule has 2 unspecified atom stereocenters. The largest absolute Gasteiger partial charge is 0.380 e. The molecule has 0 aromatic carbocycles. The highest BCUT2D eigenvalue weighted by molar-refractivity contribution is 4.83. The SMILES string of the molecule is CCC(CC)C(NC)C(OC)C(C)C. The summed E-state index contributed by atoms with van der Waals surface area (Å²) in [5.74, 6) is 1.28. The standard InChI is InChI=1S/C12H27NO/c1-7-10(8-2)11(13-5)12(14-6)9(3)4/h9-13H,7-8H2,1-6H3. The fraction of sp³-hybridized carbons (Fsp3) is 1.00. The monoisotopic (exact) mass is 201 g/mol. The predicted octanol–water partition coefficient (Wildman–Crippen LogP) is 2.68. The first kappa shape index (κ1) is 13.9. The van der Waals surface area contributed by atoms with Crippen molar-refractivity contribution in [3.8, 4) is 0 Å². The minimum absolute atomic E-state index is 0.324. The second-order valence-electron chi connectivity index (χ2n) is 4.34. The molecule has 0 saturated heterocycles. The van der Waals surface area contributed by atoms with Crippen LogP contribution in [0.15, 0.2) is 0 Å². The smallest absolute Gasteiger partial charge is 0.0749 e. The number of nitrogens with one attached hydrogen (secondary N) is 1. The lowest BCUT2D eigenvalue weighted by molar-refractivity contribution is 0.0157. The lowest BCUT2D eigenvalue weighted by Gasteiger charge is -2.34. The maximum atomic E-state index is 5.59. The van der Waals surface area contributed by atoms with Crippen LogP contribution in [0.5, 0.6) is 0 Å². The first-order valence-electron chi connectivity index (χ1n) is 5.82. The minimum Gasteiger partial charge on any atom is -0.380 e. The average Bonchev–Trinajstić information content (AvgIpc) is 2.17. The van der Waals surface area contributed by atoms with Crippen molar-refractivity contribution in [1.82, 2.24) is 5.32 Å². The molecule has 0 heterocycles. The van der Waals surface area contributed by atoms with Gasteiger partial charge in [-0.15, -0.1) is 0 Å². The lowest BCUT2D eigenvalue weighted by Crippen LogP contribution is -2.46. The molecule has 0 fully saturated rings. The maximum Gasteiger partial charge on any atom is 0.0749 e. The van der Waals surface area contributed by atoms with Crippen LogP contribution in [0.1, 0.15) is 40.5 Å². The zero-order chi connectivity index (χ0) is 11.1. The molecule has 0 amide bonds. The third-order valence-corrected chi connectivity index (χ3v) is 3.17. The quantitative estimate of drug-likeness (QED) is 0.684. The van der Waals surface area contributed by atoms with E-state index < -0.39 is 0 Å². The fourth-order valence-electron chi connectivity index (χ4n) is 2.30. The molecule has 0 aromatic heterocycles. The summed E-state index contributed by atoms with van der Waals surface area (Å²) in [6.07, 6.45) is 2.76. The van der Waals surface area contributed by atoms with Crippen LogP contribution in [0, 0.1) is 11.8 Å². The van der Waals surface area contributed by atoms with Gasteiger partial charge in [-0.3, -0.25) is 0 Å². The van der Waals surface area contributed by atoms with Gasteiger partial charge in [-0.25, -0.2) is 0 Å². The third kappa shape index (κ3) is 3.58. The van der Waals surface area contributed by atoms with E-state index in [4.69, 9.17) is 4.74 Å². The Balaban J connectivity index is 4.48. The molecule has 14 heavy (non-hydrogen) atoms. The van der Waals surface area contributed by atoms with Crippen LogP contribution in [-0.2, 0) is 4.74 Å². The van der Waals surface area contributed by atoms with Gasteiger partial charge in [0.05, 0.1) is 6.10 Å². The molecule has 0 spiro atoms. The van der Waals surface area contributed by atoms with Crippen LogP contribution in [0.2, 0.25) is 0 Å². The van der Waals surface area contributed by atoms with Crippen molar-refractivity contribution in [2.45, 2.75) is 52.7 Å². The molecule has 2 atom stereocenters. The molecule has 86 valence electrons. The van der Waals surface area contributed by atoms with Crippen molar-refractivity contribution in [2.75, 3.05) is 14.2 Å². The van der Waals surface area contributed by atoms with Crippen molar-refractivity contribution in [3.05, 3.63) is 0 Å². The van der Waals surface area contributed by atoms with E-state index >= 15 is 0 Å². The summed E-state index contributed by atoms with van der Waals surface area (Å²) in [6.45, 7) is 8.96. The van der Waals surface area contributed by atoms with Crippen LogP contribution in [-0.4, -0.2) is 26.3 Å². The van der Waals surface area contributed by atoms with E-state index in [0.717, 1.165) is 0 Å². The van der Waals surface area contributed by atoms with Crippen molar-refractivity contribution in [1.29, 1.82) is 0 Å². The molecular formula is C12H27NO. The van der Waals surface area contributed by atoms with Gasteiger partial charge in [-0.2, -0.15) is 0 Å². The molecule has 0 aliphatic rings. The molecule has 0 aliphatic carbocycles. The van der Waals surface area contributed by atoms with E-state index in [1.807, 2.05) is 14.2 Å². The normalized spacial score (nSPS) is 16.3. The van der Waals surface area contributed by atoms with Gasteiger partial charge >= 0.3 is 0 Å². The van der Waals surface area contributed by atoms with Crippen molar-refractivity contribution >= 4 is 0 Å². The van der Waals surface area contributed by atoms with Gasteiger partial charge in [0.15, 0.2) is 0 Å². The van der Waals surface area contributed by atoms with Crippen LogP contribution < -0.4 is 5.32 Å². The van der Waals surface area contributed by atoms with Gasteiger partial charge in [0.1, 0.15) is 0 Å². The number of ether oxygens (including phenoxy) is 1. The average molecular weight is 201 g/mol. The molecule has 0 aromatic rings. The zero-order valence-electron chi connectivity index (χ0n) is 10.6. The number of methoxy groups -OCH3 is 1. The highest BCUT2D eigenvalue weighted by Gasteiger charge is 2.28. The number of likely N-dealkylation sites (N-methyl/N-ethyl adjacent to an activating group) is 1. The highest BCUT2D eigenvalue weighted by Crippen LogP contribution is 2.21. The van der Waals surface area contributed by atoms with Crippen molar-refractivity contribution in [2.24, 2.45) is 11.8 Å². The summed E-state index contributed by atoms with van der Waals surface area (Å²) in [7, 11) is 3.86. The van der Waals surface area contributed by atoms with Gasteiger partial charge < -0.3 is 10.1 Å². The predicted molar refractivity (Wildman–Crippen MR) is 62.6 cm³/mol. The van der Waals surface area contributed by atoms with E-state index in [0.29, 0.717) is 24.0 Å². The second-order valence-corrected chi connectivity index (χ2v) is 4.34. The maximum absolute atomic E-state index is 5.59. The van der Waals surface area contributed by atoms with Crippen LogP contribution in [0.3, 0.4) is 0 Å². The number of hydrogen-bond acceptors (Lipinski definition) is 2. The minimum atomic E-state index is 0.324. The Kier molecular flexibility index (Phi) is 7.20. The van der Waals surface area contributed by atoms with Gasteiger partial charge in [0.25, 0.3) is 0 Å². The van der Waals surface area contributed by atoms with Crippen LogP contribution in [0.25, 0.3) is 0 Å². The van der Waals surface area contributed by atoms with E-state index in [9.17, 15) is 0 Å². The second kappa shape index (κ2) is 7.24. The number of hydrogen-bond donors (Lipinski definition) is 1. The summed E-state index contributed by atoms with van der Waals surface area (Å²) in [5, 5.41) is 3.41. The Hall–Kier alpha value is -0.0800. The third-order valence-electron chi connectivity index (χ3n) is 3.17. The Labute approximate surface area is 89.4 Å². The van der Waals surface area contributed by atoms with E-state index in [2.05, 4.69) is 33.0 Å². The molecule has 0 radical (unpaired) electrons. The summed E-state index contributed by atoms with van der Waals surface area (Å²) >= 11 is 0. The molecule has 0 rings (SSSR count). The Morgan fingerprint density at radius 1 is 1.14 bits per heavy atom. The Morgan fingerprint density at radius 2 is 1.64 bits per heavy atom. The summed E-state index contributed by atoms with van der Waals surface area (Å²) < 4.78 is 5.59. The Morgan fingerprint density at radius 3 is 1.86 bits per heavy atom. The molecule has 0 bridgehead atoms. The molecule has 0 aliphatic heterocycles. The fourth-order valence-corrected chi connectivity index (χ4v) is 2.30. The first-order valence-corrected chi connectivity index (χ1v) is 5.82. The molecule has 0 saturated carbocycles. The molecule has 1 N–H and O–H groups in total. The topological polar surface area (TPSA) is 21.3 Å². The lowest BCUT2D eigenvalue weighted by atomic mass is 9.86. The summed E-state index contributed by atoms with van der Waals surface area (Å²) in [4.78, 5) is 0. The highest BCUT2D eigenvalue weighted by atomic mass is 16.5. The van der Waals surface area contributed by atoms with E-state index in [1.54, 1.807) is 0 Å². The van der Waals surface area contributed by atoms with E-state index in [1.165, 1.54) is 12.8 Å². The van der Waals surface area contributed by atoms with E-state index in [-0.39, 0.29) is 0 Å². The molecular weight excluding hydrogens is 174 g/mol. The Bertz CT molecular complexity index is 132. The molecule has 2 nitrogen and oxygen atoms in total. The van der Waals surface area contributed by atoms with Crippen LogP contribution >= 0.6 is 0 Å². The van der Waals surface area contributed by atoms with Gasteiger partial charge in [-0.1, -0.05) is 40.5 Å². The summed E-state index contributed by atoms with van der Waals surface area (Å²) in [5.41, 5.74) is 0. The van der Waals surface area contributed by atoms with Crippen molar-refractivity contribution < 1.29 is 4.74 Å². The van der Waals surface area contributed by atoms with Crippen LogP contribution in [0.4, 0.5) is 0 Å².